The molecule has 284 valence electrons. The van der Waals surface area contributed by atoms with Crippen LogP contribution in [0.4, 0.5) is 0 Å². The van der Waals surface area contributed by atoms with Gasteiger partial charge in [0.2, 0.25) is 0 Å². The van der Waals surface area contributed by atoms with Crippen molar-refractivity contribution < 1.29 is 0 Å². The lowest BCUT2D eigenvalue weighted by Crippen LogP contribution is -2.25. The minimum absolute atomic E-state index is 0.419. The van der Waals surface area contributed by atoms with Crippen LogP contribution in [-0.2, 0) is 5.41 Å². The van der Waals surface area contributed by atoms with Gasteiger partial charge in [0.15, 0.2) is 0 Å². The van der Waals surface area contributed by atoms with E-state index in [0.717, 1.165) is 71.3 Å². The van der Waals surface area contributed by atoms with E-state index in [1.165, 1.54) is 49.9 Å². The Balaban J connectivity index is 0.999. The summed E-state index contributed by atoms with van der Waals surface area (Å²) >= 11 is 3.93. The van der Waals surface area contributed by atoms with Crippen molar-refractivity contribution in [3.63, 3.8) is 0 Å². The van der Waals surface area contributed by atoms with Crippen LogP contribution in [0.1, 0.15) is 22.3 Å². The Morgan fingerprint density at radius 1 is 0.410 bits per heavy atom. The molecule has 13 rings (SSSR count). The van der Waals surface area contributed by atoms with E-state index in [1.54, 1.807) is 0 Å². The summed E-state index contributed by atoms with van der Waals surface area (Å²) in [4.78, 5) is 10.6. The smallest absolute Gasteiger partial charge is 0.145 e. The van der Waals surface area contributed by atoms with E-state index in [9.17, 15) is 0 Å². The first kappa shape index (κ1) is 34.5. The number of imidazole rings is 1. The van der Waals surface area contributed by atoms with Crippen LogP contribution >= 0.6 is 15.9 Å². The summed E-state index contributed by atoms with van der Waals surface area (Å²) < 4.78 is 3.25. The summed E-state index contributed by atoms with van der Waals surface area (Å²) in [5, 5.41) is 3.55. The molecule has 0 saturated carbocycles. The van der Waals surface area contributed by atoms with E-state index < -0.39 is 5.41 Å². The maximum absolute atomic E-state index is 5.47. The molecule has 0 bridgehead atoms. The number of hydrogen-bond acceptors (Lipinski definition) is 2. The molecule has 0 N–H and O–H groups in total. The van der Waals surface area contributed by atoms with Gasteiger partial charge in [-0.3, -0.25) is 4.57 Å². The van der Waals surface area contributed by atoms with Gasteiger partial charge in [-0.1, -0.05) is 174 Å². The lowest BCUT2D eigenvalue weighted by atomic mass is 9.70. The molecule has 2 aliphatic rings. The maximum Gasteiger partial charge on any atom is 0.145 e. The van der Waals surface area contributed by atoms with E-state index in [4.69, 9.17) is 9.97 Å². The quantitative estimate of drug-likeness (QED) is 0.165. The van der Waals surface area contributed by atoms with Gasteiger partial charge in [0.25, 0.3) is 0 Å². The Hall–Kier alpha value is -7.40. The monoisotopic (exact) mass is 839 g/mol. The highest BCUT2D eigenvalue weighted by molar-refractivity contribution is 9.10. The second-order valence-electron chi connectivity index (χ2n) is 16.2. The first-order valence-electron chi connectivity index (χ1n) is 20.8. The lowest BCUT2D eigenvalue weighted by Gasteiger charge is -2.30. The molecule has 0 amide bonds. The molecule has 0 atom stereocenters. The van der Waals surface area contributed by atoms with Crippen molar-refractivity contribution in [2.24, 2.45) is 0 Å². The number of halogens is 1. The molecular weight excluding hydrogens is 807 g/mol. The standard InChI is InChI=1S/C57H34BrN3/c58-39-33-37(35-26-28-36(29-27-35)56-60-51-24-12-13-25-52(51)61(56)40-14-2-1-3-15-40)32-38(34-39)55-45-30-31-49-54(53(45)44-19-7-11-23-50(44)59-55)43-18-6-10-22-48(43)57(49)46-20-8-4-16-41(46)42-17-5-9-21-47(42)57/h1-34H. The van der Waals surface area contributed by atoms with Gasteiger partial charge < -0.3 is 0 Å². The second-order valence-corrected chi connectivity index (χ2v) is 17.1. The Bertz CT molecular complexity index is 3560. The minimum Gasteiger partial charge on any atom is -0.292 e. The number of rotatable bonds is 4. The van der Waals surface area contributed by atoms with Gasteiger partial charge in [0.1, 0.15) is 5.82 Å². The summed E-state index contributed by atoms with van der Waals surface area (Å²) in [7, 11) is 0. The lowest BCUT2D eigenvalue weighted by molar-refractivity contribution is 0.794. The number of benzene rings is 9. The van der Waals surface area contributed by atoms with Gasteiger partial charge in [0.05, 0.1) is 27.7 Å². The summed E-state index contributed by atoms with van der Waals surface area (Å²) in [5.74, 6) is 0.918. The fraction of sp³-hybridized carbons (Fsp3) is 0.0175. The van der Waals surface area contributed by atoms with Crippen LogP contribution in [0.2, 0.25) is 0 Å². The van der Waals surface area contributed by atoms with Gasteiger partial charge in [0, 0.05) is 37.4 Å². The molecule has 0 unspecified atom stereocenters. The Labute approximate surface area is 361 Å². The van der Waals surface area contributed by atoms with E-state index in [-0.39, 0.29) is 0 Å². The third-order valence-electron chi connectivity index (χ3n) is 13.0. The molecule has 2 aliphatic carbocycles. The second kappa shape index (κ2) is 13.0. The zero-order valence-electron chi connectivity index (χ0n) is 32.8. The molecule has 0 radical (unpaired) electrons. The van der Waals surface area contributed by atoms with Gasteiger partial charge in [-0.2, -0.15) is 0 Å². The van der Waals surface area contributed by atoms with E-state index in [1.807, 2.05) is 6.07 Å². The van der Waals surface area contributed by atoms with Crippen molar-refractivity contribution in [2.75, 3.05) is 0 Å². The molecule has 0 saturated heterocycles. The molecule has 0 fully saturated rings. The highest BCUT2D eigenvalue weighted by atomic mass is 79.9. The van der Waals surface area contributed by atoms with Crippen LogP contribution in [0.3, 0.4) is 0 Å². The average molecular weight is 841 g/mol. The number of hydrogen-bond donors (Lipinski definition) is 0. The molecule has 0 aliphatic heterocycles. The summed E-state index contributed by atoms with van der Waals surface area (Å²) in [5.41, 5.74) is 19.6. The van der Waals surface area contributed by atoms with Crippen molar-refractivity contribution in [1.82, 2.24) is 14.5 Å². The molecule has 2 heterocycles. The SMILES string of the molecule is Brc1cc(-c2ccc(-c3nc4ccccc4n3-c3ccccc3)cc2)cc(-c2nc3ccccc3c3c4c(ccc23)C2(c3ccccc3-c3ccccc32)c2ccccc2-4)c1. The third-order valence-corrected chi connectivity index (χ3v) is 13.5. The Morgan fingerprint density at radius 2 is 1.00 bits per heavy atom. The normalized spacial score (nSPS) is 13.1. The van der Waals surface area contributed by atoms with Gasteiger partial charge in [-0.05, 0) is 104 Å². The van der Waals surface area contributed by atoms with Crippen molar-refractivity contribution >= 4 is 48.6 Å². The molecule has 1 spiro atoms. The molecule has 4 heteroatoms. The fourth-order valence-corrected chi connectivity index (χ4v) is 11.1. The summed E-state index contributed by atoms with van der Waals surface area (Å²) in [6, 6.07) is 74.8. The summed E-state index contributed by atoms with van der Waals surface area (Å²) in [6.07, 6.45) is 0. The maximum atomic E-state index is 5.47. The third kappa shape index (κ3) is 4.85. The Morgan fingerprint density at radius 3 is 1.75 bits per heavy atom. The highest BCUT2D eigenvalue weighted by Crippen LogP contribution is 2.64. The number of fused-ring (bicyclic) bond motifs is 15. The summed E-state index contributed by atoms with van der Waals surface area (Å²) in [6.45, 7) is 0. The predicted molar refractivity (Wildman–Crippen MR) is 254 cm³/mol. The fourth-order valence-electron chi connectivity index (χ4n) is 10.6. The number of pyridine rings is 1. The van der Waals surface area contributed by atoms with Crippen LogP contribution in [0.25, 0.3) is 94.4 Å². The molecule has 2 aromatic heterocycles. The van der Waals surface area contributed by atoms with Crippen LogP contribution in [0.5, 0.6) is 0 Å². The van der Waals surface area contributed by atoms with Crippen LogP contribution in [0.15, 0.2) is 211 Å². The molecule has 3 nitrogen and oxygen atoms in total. The molecule has 11 aromatic rings. The highest BCUT2D eigenvalue weighted by Gasteiger charge is 2.52. The van der Waals surface area contributed by atoms with Crippen LogP contribution in [-0.4, -0.2) is 14.5 Å². The minimum atomic E-state index is -0.419. The topological polar surface area (TPSA) is 30.7 Å². The molecular formula is C57H34BrN3. The first-order valence-corrected chi connectivity index (χ1v) is 21.6. The van der Waals surface area contributed by atoms with E-state index in [2.05, 4.69) is 221 Å². The van der Waals surface area contributed by atoms with Gasteiger partial charge in [-0.15, -0.1) is 0 Å². The van der Waals surface area contributed by atoms with Crippen LogP contribution in [0, 0.1) is 0 Å². The number of para-hydroxylation sites is 4. The number of nitrogens with zero attached hydrogens (tertiary/aromatic N) is 3. The van der Waals surface area contributed by atoms with Crippen LogP contribution < -0.4 is 0 Å². The van der Waals surface area contributed by atoms with Crippen molar-refractivity contribution in [3.05, 3.63) is 233 Å². The largest absolute Gasteiger partial charge is 0.292 e. The zero-order valence-corrected chi connectivity index (χ0v) is 34.4. The zero-order chi connectivity index (χ0) is 40.2. The van der Waals surface area contributed by atoms with Gasteiger partial charge >= 0.3 is 0 Å². The van der Waals surface area contributed by atoms with E-state index >= 15 is 0 Å². The predicted octanol–water partition coefficient (Wildman–Crippen LogP) is 14.8. The van der Waals surface area contributed by atoms with Gasteiger partial charge in [-0.25, -0.2) is 9.97 Å². The van der Waals surface area contributed by atoms with Crippen molar-refractivity contribution in [3.8, 4) is 61.7 Å². The van der Waals surface area contributed by atoms with Crippen molar-refractivity contribution in [2.45, 2.75) is 5.41 Å². The van der Waals surface area contributed by atoms with E-state index in [0.29, 0.717) is 0 Å². The molecule has 9 aromatic carbocycles. The Kier molecular flexibility index (Phi) is 7.37. The first-order chi connectivity index (χ1) is 30.2. The van der Waals surface area contributed by atoms with Crippen molar-refractivity contribution in [1.29, 1.82) is 0 Å². The molecule has 61 heavy (non-hydrogen) atoms. The average Bonchev–Trinajstić information content (AvgIpc) is 3.96. The number of aromatic nitrogens is 3.